The summed E-state index contributed by atoms with van der Waals surface area (Å²) in [6.07, 6.45) is 0.446. The van der Waals surface area contributed by atoms with Gasteiger partial charge in [0.15, 0.2) is 6.29 Å². The molecular weight excluding hydrogens is 194 g/mol. The third-order valence-corrected chi connectivity index (χ3v) is 2.03. The van der Waals surface area contributed by atoms with Crippen LogP contribution in [0.4, 0.5) is 0 Å². The van der Waals surface area contributed by atoms with Crippen molar-refractivity contribution in [1.29, 1.82) is 0 Å². The molecule has 1 heterocycles. The van der Waals surface area contributed by atoms with Crippen molar-refractivity contribution in [2.24, 2.45) is 0 Å². The second-order valence-corrected chi connectivity index (χ2v) is 2.86. The molecule has 13 heavy (non-hydrogen) atoms. The van der Waals surface area contributed by atoms with E-state index >= 15 is 0 Å². The summed E-state index contributed by atoms with van der Waals surface area (Å²) in [6, 6.07) is 0. The van der Waals surface area contributed by atoms with Crippen LogP contribution < -0.4 is 0 Å². The average molecular weight is 202 g/mol. The average Bonchev–Trinajstić information content (AvgIpc) is 2.10. The van der Waals surface area contributed by atoms with Gasteiger partial charge in [-0.15, -0.1) is 0 Å². The van der Waals surface area contributed by atoms with Crippen LogP contribution in [0.1, 0.15) is 21.6 Å². The fraction of sp³-hybridized carbons (Fsp3) is 0.250. The standard InChI is InChI=1S/C8H8ClNO3/c1-4-7(13)5(2-11)6(3-12)8(9)10-4/h2,12-13H,3H2,1H3. The third kappa shape index (κ3) is 1.64. The zero-order valence-corrected chi connectivity index (χ0v) is 7.67. The molecule has 0 fully saturated rings. The highest BCUT2D eigenvalue weighted by molar-refractivity contribution is 6.30. The van der Waals surface area contributed by atoms with Gasteiger partial charge in [-0.05, 0) is 6.92 Å². The summed E-state index contributed by atoms with van der Waals surface area (Å²) < 4.78 is 0. The summed E-state index contributed by atoms with van der Waals surface area (Å²) in [4.78, 5) is 14.3. The highest BCUT2D eigenvalue weighted by atomic mass is 35.5. The maximum absolute atomic E-state index is 10.6. The van der Waals surface area contributed by atoms with Gasteiger partial charge >= 0.3 is 0 Å². The van der Waals surface area contributed by atoms with Gasteiger partial charge in [-0.3, -0.25) is 4.79 Å². The lowest BCUT2D eigenvalue weighted by atomic mass is 10.1. The second-order valence-electron chi connectivity index (χ2n) is 2.50. The van der Waals surface area contributed by atoms with Crippen LogP contribution in [0, 0.1) is 6.92 Å². The minimum Gasteiger partial charge on any atom is -0.505 e. The number of aliphatic hydroxyl groups excluding tert-OH is 1. The number of pyridine rings is 1. The van der Waals surface area contributed by atoms with Crippen molar-refractivity contribution < 1.29 is 15.0 Å². The molecule has 0 unspecified atom stereocenters. The lowest BCUT2D eigenvalue weighted by molar-refractivity contribution is 0.111. The predicted molar refractivity (Wildman–Crippen MR) is 47.0 cm³/mol. The first-order chi connectivity index (χ1) is 6.11. The molecule has 0 spiro atoms. The third-order valence-electron chi connectivity index (χ3n) is 1.71. The Bertz CT molecular complexity index is 352. The molecule has 0 saturated heterocycles. The Morgan fingerprint density at radius 2 is 2.23 bits per heavy atom. The number of aliphatic hydroxyl groups is 1. The van der Waals surface area contributed by atoms with Gasteiger partial charge in [0, 0.05) is 5.56 Å². The minimum absolute atomic E-state index is 0.000000000000000222. The molecule has 1 aromatic heterocycles. The Hall–Kier alpha value is -1.13. The van der Waals surface area contributed by atoms with Crippen molar-refractivity contribution in [3.8, 4) is 5.75 Å². The van der Waals surface area contributed by atoms with E-state index in [1.165, 1.54) is 6.92 Å². The van der Waals surface area contributed by atoms with Crippen molar-refractivity contribution in [3.05, 3.63) is 22.0 Å². The molecule has 0 radical (unpaired) electrons. The van der Waals surface area contributed by atoms with Crippen LogP contribution in [0.5, 0.6) is 5.75 Å². The van der Waals surface area contributed by atoms with E-state index in [2.05, 4.69) is 4.98 Å². The van der Waals surface area contributed by atoms with Gasteiger partial charge in [-0.25, -0.2) is 4.98 Å². The molecule has 0 bridgehead atoms. The van der Waals surface area contributed by atoms with Crippen molar-refractivity contribution in [3.63, 3.8) is 0 Å². The van der Waals surface area contributed by atoms with Gasteiger partial charge in [-0.1, -0.05) is 11.6 Å². The van der Waals surface area contributed by atoms with Gasteiger partial charge < -0.3 is 10.2 Å². The largest absolute Gasteiger partial charge is 0.505 e. The molecule has 5 heteroatoms. The van der Waals surface area contributed by atoms with Crippen LogP contribution >= 0.6 is 11.6 Å². The second kappa shape index (κ2) is 3.72. The number of rotatable bonds is 2. The molecule has 4 nitrogen and oxygen atoms in total. The first-order valence-electron chi connectivity index (χ1n) is 3.55. The Labute approximate surface area is 79.8 Å². The van der Waals surface area contributed by atoms with Crippen molar-refractivity contribution >= 4 is 17.9 Å². The number of aromatic nitrogens is 1. The van der Waals surface area contributed by atoms with E-state index < -0.39 is 6.61 Å². The summed E-state index contributed by atoms with van der Waals surface area (Å²) in [7, 11) is 0. The number of hydrogen-bond acceptors (Lipinski definition) is 4. The Kier molecular flexibility index (Phi) is 2.85. The van der Waals surface area contributed by atoms with Crippen LogP contribution in [0.2, 0.25) is 5.15 Å². The molecule has 0 amide bonds. The van der Waals surface area contributed by atoms with E-state index in [0.717, 1.165) is 0 Å². The Morgan fingerprint density at radius 1 is 1.62 bits per heavy atom. The minimum atomic E-state index is -0.423. The fourth-order valence-electron chi connectivity index (χ4n) is 0.994. The highest BCUT2D eigenvalue weighted by Crippen LogP contribution is 2.27. The number of aryl methyl sites for hydroxylation is 1. The monoisotopic (exact) mass is 201 g/mol. The summed E-state index contributed by atoms with van der Waals surface area (Å²) in [5.74, 6) is -0.233. The van der Waals surface area contributed by atoms with E-state index in [-0.39, 0.29) is 27.7 Å². The first-order valence-corrected chi connectivity index (χ1v) is 3.93. The smallest absolute Gasteiger partial charge is 0.154 e. The number of carbonyl (C=O) groups is 1. The molecule has 2 N–H and O–H groups in total. The van der Waals surface area contributed by atoms with Crippen LogP contribution in [-0.2, 0) is 6.61 Å². The molecule has 0 aliphatic carbocycles. The maximum Gasteiger partial charge on any atom is 0.154 e. The zero-order chi connectivity index (χ0) is 10.0. The van der Waals surface area contributed by atoms with E-state index in [9.17, 15) is 9.90 Å². The molecular formula is C8H8ClNO3. The van der Waals surface area contributed by atoms with Crippen molar-refractivity contribution in [2.45, 2.75) is 13.5 Å². The summed E-state index contributed by atoms with van der Waals surface area (Å²) in [5, 5.41) is 18.3. The molecule has 70 valence electrons. The molecule has 0 saturated carbocycles. The number of halogens is 1. The normalized spacial score (nSPS) is 10.1. The fourth-order valence-corrected chi connectivity index (χ4v) is 1.28. The molecule has 0 atom stereocenters. The molecule has 0 aromatic carbocycles. The maximum atomic E-state index is 10.6. The Morgan fingerprint density at radius 3 is 2.69 bits per heavy atom. The van der Waals surface area contributed by atoms with E-state index in [1.807, 2.05) is 0 Å². The summed E-state index contributed by atoms with van der Waals surface area (Å²) in [6.45, 7) is 1.10. The van der Waals surface area contributed by atoms with Crippen LogP contribution in [-0.4, -0.2) is 21.5 Å². The Balaban J connectivity index is 3.50. The van der Waals surface area contributed by atoms with Gasteiger partial charge in [0.1, 0.15) is 10.9 Å². The number of aromatic hydroxyl groups is 1. The lowest BCUT2D eigenvalue weighted by Crippen LogP contribution is -1.99. The number of aldehydes is 1. The lowest BCUT2D eigenvalue weighted by Gasteiger charge is -2.07. The number of nitrogens with zero attached hydrogens (tertiary/aromatic N) is 1. The summed E-state index contributed by atoms with van der Waals surface area (Å²) in [5.41, 5.74) is 0.420. The van der Waals surface area contributed by atoms with Gasteiger partial charge in [0.05, 0.1) is 17.9 Å². The molecule has 0 aliphatic heterocycles. The predicted octanol–water partition coefficient (Wildman–Crippen LogP) is 1.05. The van der Waals surface area contributed by atoms with Crippen molar-refractivity contribution in [1.82, 2.24) is 4.98 Å². The van der Waals surface area contributed by atoms with Crippen molar-refractivity contribution in [2.75, 3.05) is 0 Å². The molecule has 1 rings (SSSR count). The molecule has 0 aliphatic rings. The SMILES string of the molecule is Cc1nc(Cl)c(CO)c(C=O)c1O. The van der Waals surface area contributed by atoms with E-state index in [1.54, 1.807) is 0 Å². The van der Waals surface area contributed by atoms with Gasteiger partial charge in [0.2, 0.25) is 0 Å². The molecule has 1 aromatic rings. The topological polar surface area (TPSA) is 70.4 Å². The van der Waals surface area contributed by atoms with Gasteiger partial charge in [0.25, 0.3) is 0 Å². The zero-order valence-electron chi connectivity index (χ0n) is 6.91. The quantitative estimate of drug-likeness (QED) is 0.554. The highest BCUT2D eigenvalue weighted by Gasteiger charge is 2.14. The van der Waals surface area contributed by atoms with E-state index in [4.69, 9.17) is 16.7 Å². The number of hydrogen-bond donors (Lipinski definition) is 2. The van der Waals surface area contributed by atoms with Crippen LogP contribution in [0.15, 0.2) is 0 Å². The van der Waals surface area contributed by atoms with Crippen LogP contribution in [0.3, 0.4) is 0 Å². The van der Waals surface area contributed by atoms with E-state index in [0.29, 0.717) is 6.29 Å². The van der Waals surface area contributed by atoms with Gasteiger partial charge in [-0.2, -0.15) is 0 Å². The summed E-state index contributed by atoms with van der Waals surface area (Å²) >= 11 is 5.64. The van der Waals surface area contributed by atoms with Crippen LogP contribution in [0.25, 0.3) is 0 Å². The first kappa shape index (κ1) is 9.95. The number of carbonyl (C=O) groups excluding carboxylic acids is 1.